The molecule has 0 bridgehead atoms. The molecule has 0 aliphatic rings. The Morgan fingerprint density at radius 2 is 2.08 bits per heavy atom. The summed E-state index contributed by atoms with van der Waals surface area (Å²) in [6.45, 7) is 2.16. The summed E-state index contributed by atoms with van der Waals surface area (Å²) in [5.74, 6) is 0.787. The van der Waals surface area contributed by atoms with Gasteiger partial charge in [0.2, 0.25) is 0 Å². The van der Waals surface area contributed by atoms with Gasteiger partial charge in [-0.25, -0.2) is 0 Å². The van der Waals surface area contributed by atoms with Crippen molar-refractivity contribution in [1.29, 1.82) is 0 Å². The molecule has 0 unspecified atom stereocenters. The summed E-state index contributed by atoms with van der Waals surface area (Å²) in [6, 6.07) is 9.58. The Bertz CT molecular complexity index is 244. The van der Waals surface area contributed by atoms with E-state index in [0.717, 1.165) is 12.2 Å². The monoisotopic (exact) mass is 177 g/mol. The first-order valence-corrected chi connectivity index (χ1v) is 4.67. The minimum atomic E-state index is 0.787. The van der Waals surface area contributed by atoms with Crippen LogP contribution in [0.4, 0.5) is 0 Å². The molecule has 2 nitrogen and oxygen atoms in total. The lowest BCUT2D eigenvalue weighted by Gasteiger charge is -1.95. The van der Waals surface area contributed by atoms with Gasteiger partial charge in [-0.1, -0.05) is 36.7 Å². The van der Waals surface area contributed by atoms with Crippen LogP contribution in [0.5, 0.6) is 5.75 Å². The molecule has 0 saturated heterocycles. The molecular formula is C11H15NO. The van der Waals surface area contributed by atoms with Crippen LogP contribution in [-0.4, -0.2) is 6.21 Å². The van der Waals surface area contributed by atoms with Gasteiger partial charge in [-0.2, -0.15) is 0 Å². The molecule has 13 heavy (non-hydrogen) atoms. The topological polar surface area (TPSA) is 21.6 Å². The molecule has 1 aromatic rings. The fourth-order valence-electron chi connectivity index (χ4n) is 0.928. The number of rotatable bonds is 5. The number of hydrogen-bond acceptors (Lipinski definition) is 2. The summed E-state index contributed by atoms with van der Waals surface area (Å²) < 4.78 is 0. The second-order valence-corrected chi connectivity index (χ2v) is 2.83. The van der Waals surface area contributed by atoms with Crippen molar-refractivity contribution in [3.63, 3.8) is 0 Å². The predicted molar refractivity (Wildman–Crippen MR) is 55.1 cm³/mol. The highest BCUT2D eigenvalue weighted by atomic mass is 16.6. The van der Waals surface area contributed by atoms with Gasteiger partial charge < -0.3 is 4.84 Å². The average molecular weight is 177 g/mol. The first-order chi connectivity index (χ1) is 6.43. The van der Waals surface area contributed by atoms with Crippen LogP contribution in [0.3, 0.4) is 0 Å². The van der Waals surface area contributed by atoms with Crippen LogP contribution in [0.2, 0.25) is 0 Å². The number of unbranched alkanes of at least 4 members (excludes halogenated alkanes) is 2. The number of nitrogens with zero attached hydrogens (tertiary/aromatic N) is 1. The molecule has 2 heteroatoms. The van der Waals surface area contributed by atoms with Gasteiger partial charge in [0, 0.05) is 6.21 Å². The SMILES string of the molecule is CCCC/C=N/Oc1ccccc1. The highest BCUT2D eigenvalue weighted by Crippen LogP contribution is 2.07. The zero-order valence-electron chi connectivity index (χ0n) is 7.94. The quantitative estimate of drug-likeness (QED) is 0.384. The van der Waals surface area contributed by atoms with Crippen LogP contribution in [0.1, 0.15) is 26.2 Å². The number of benzene rings is 1. The van der Waals surface area contributed by atoms with Crippen molar-refractivity contribution < 1.29 is 4.84 Å². The van der Waals surface area contributed by atoms with Gasteiger partial charge in [0.15, 0.2) is 5.75 Å². The maximum atomic E-state index is 5.12. The van der Waals surface area contributed by atoms with Gasteiger partial charge in [-0.15, -0.1) is 0 Å². The molecule has 0 radical (unpaired) electrons. The van der Waals surface area contributed by atoms with E-state index in [0.29, 0.717) is 0 Å². The highest BCUT2D eigenvalue weighted by Gasteiger charge is 1.86. The lowest BCUT2D eigenvalue weighted by Crippen LogP contribution is -1.84. The molecule has 1 rings (SSSR count). The smallest absolute Gasteiger partial charge is 0.157 e. The molecule has 0 fully saturated rings. The second-order valence-electron chi connectivity index (χ2n) is 2.83. The van der Waals surface area contributed by atoms with Crippen molar-refractivity contribution in [2.24, 2.45) is 5.16 Å². The lowest BCUT2D eigenvalue weighted by atomic mass is 10.3. The predicted octanol–water partition coefficient (Wildman–Crippen LogP) is 3.24. The summed E-state index contributed by atoms with van der Waals surface area (Å²) >= 11 is 0. The zero-order valence-corrected chi connectivity index (χ0v) is 7.94. The van der Waals surface area contributed by atoms with Crippen molar-refractivity contribution in [2.45, 2.75) is 26.2 Å². The van der Waals surface area contributed by atoms with Crippen LogP contribution < -0.4 is 4.84 Å². The van der Waals surface area contributed by atoms with Crippen LogP contribution in [0, 0.1) is 0 Å². The van der Waals surface area contributed by atoms with Gasteiger partial charge in [0.1, 0.15) is 0 Å². The van der Waals surface area contributed by atoms with Crippen molar-refractivity contribution in [1.82, 2.24) is 0 Å². The van der Waals surface area contributed by atoms with Crippen molar-refractivity contribution in [2.75, 3.05) is 0 Å². The van der Waals surface area contributed by atoms with Gasteiger partial charge in [0.25, 0.3) is 0 Å². The Hall–Kier alpha value is -1.31. The third-order valence-corrected chi connectivity index (χ3v) is 1.66. The molecule has 0 spiro atoms. The fraction of sp³-hybridized carbons (Fsp3) is 0.364. The Labute approximate surface area is 79.2 Å². The van der Waals surface area contributed by atoms with Gasteiger partial charge >= 0.3 is 0 Å². The molecule has 1 aromatic carbocycles. The summed E-state index contributed by atoms with van der Waals surface area (Å²) in [6.07, 6.45) is 5.17. The lowest BCUT2D eigenvalue weighted by molar-refractivity contribution is 0.342. The summed E-state index contributed by atoms with van der Waals surface area (Å²) in [5, 5.41) is 3.85. The maximum absolute atomic E-state index is 5.12. The van der Waals surface area contributed by atoms with E-state index in [1.807, 2.05) is 36.5 Å². The highest BCUT2D eigenvalue weighted by molar-refractivity contribution is 5.56. The minimum Gasteiger partial charge on any atom is -0.357 e. The van der Waals surface area contributed by atoms with E-state index in [2.05, 4.69) is 12.1 Å². The van der Waals surface area contributed by atoms with Crippen molar-refractivity contribution in [3.05, 3.63) is 30.3 Å². The van der Waals surface area contributed by atoms with Gasteiger partial charge in [0.05, 0.1) is 0 Å². The van der Waals surface area contributed by atoms with Gasteiger partial charge in [-0.3, -0.25) is 0 Å². The molecule has 70 valence electrons. The standard InChI is InChI=1S/C11H15NO/c1-2-3-7-10-12-13-11-8-5-4-6-9-11/h4-6,8-10H,2-3,7H2,1H3/b12-10+. The third-order valence-electron chi connectivity index (χ3n) is 1.66. The fourth-order valence-corrected chi connectivity index (χ4v) is 0.928. The molecule has 0 amide bonds. The molecule has 0 saturated carbocycles. The zero-order chi connectivity index (χ0) is 9.36. The molecular weight excluding hydrogens is 162 g/mol. The minimum absolute atomic E-state index is 0.787. The molecule has 0 atom stereocenters. The van der Waals surface area contributed by atoms with Crippen molar-refractivity contribution in [3.8, 4) is 5.75 Å². The summed E-state index contributed by atoms with van der Waals surface area (Å²) in [7, 11) is 0. The third kappa shape index (κ3) is 4.31. The van der Waals surface area contributed by atoms with Gasteiger partial charge in [-0.05, 0) is 25.0 Å². The van der Waals surface area contributed by atoms with E-state index in [1.165, 1.54) is 12.8 Å². The van der Waals surface area contributed by atoms with Crippen LogP contribution in [0.15, 0.2) is 35.5 Å². The Morgan fingerprint density at radius 3 is 2.77 bits per heavy atom. The molecule has 0 heterocycles. The van der Waals surface area contributed by atoms with Crippen LogP contribution in [-0.2, 0) is 0 Å². The van der Waals surface area contributed by atoms with E-state index >= 15 is 0 Å². The summed E-state index contributed by atoms with van der Waals surface area (Å²) in [4.78, 5) is 5.12. The first-order valence-electron chi connectivity index (χ1n) is 4.67. The maximum Gasteiger partial charge on any atom is 0.157 e. The van der Waals surface area contributed by atoms with Crippen LogP contribution >= 0.6 is 0 Å². The number of oxime groups is 1. The van der Waals surface area contributed by atoms with Crippen molar-refractivity contribution >= 4 is 6.21 Å². The molecule has 0 aromatic heterocycles. The number of para-hydroxylation sites is 1. The van der Waals surface area contributed by atoms with Crippen LogP contribution in [0.25, 0.3) is 0 Å². The second kappa shape index (κ2) is 6.23. The van der Waals surface area contributed by atoms with E-state index in [1.54, 1.807) is 0 Å². The largest absolute Gasteiger partial charge is 0.357 e. The number of hydrogen-bond donors (Lipinski definition) is 0. The van der Waals surface area contributed by atoms with E-state index in [-0.39, 0.29) is 0 Å². The Morgan fingerprint density at radius 1 is 1.31 bits per heavy atom. The van der Waals surface area contributed by atoms with E-state index in [4.69, 9.17) is 4.84 Å². The Balaban J connectivity index is 2.23. The molecule has 0 N–H and O–H groups in total. The molecule has 0 aliphatic carbocycles. The van der Waals surface area contributed by atoms with E-state index < -0.39 is 0 Å². The molecule has 0 aliphatic heterocycles. The normalized spacial score (nSPS) is 10.5. The van der Waals surface area contributed by atoms with E-state index in [9.17, 15) is 0 Å². The summed E-state index contributed by atoms with van der Waals surface area (Å²) in [5.41, 5.74) is 0. The average Bonchev–Trinajstić information content (AvgIpc) is 2.19. The Kier molecular flexibility index (Phi) is 4.69. The first kappa shape index (κ1) is 9.78.